The summed E-state index contributed by atoms with van der Waals surface area (Å²) in [5.41, 5.74) is 0.934. The van der Waals surface area contributed by atoms with Gasteiger partial charge in [0, 0.05) is 18.1 Å². The molecule has 4 heteroatoms. The van der Waals surface area contributed by atoms with Gasteiger partial charge in [-0.25, -0.2) is 0 Å². The quantitative estimate of drug-likeness (QED) is 0.617. The van der Waals surface area contributed by atoms with Crippen molar-refractivity contribution in [3.8, 4) is 5.75 Å². The minimum atomic E-state index is -0.346. The summed E-state index contributed by atoms with van der Waals surface area (Å²) in [6, 6.07) is 11.6. The molecule has 0 bridgehead atoms. The molecule has 0 fully saturated rings. The van der Waals surface area contributed by atoms with Crippen LogP contribution < -0.4 is 4.74 Å². The molecule has 0 amide bonds. The van der Waals surface area contributed by atoms with Crippen molar-refractivity contribution in [2.45, 2.75) is 13.3 Å². The molecule has 0 aliphatic rings. The molecule has 0 N–H and O–H groups in total. The summed E-state index contributed by atoms with van der Waals surface area (Å²) in [5.74, 6) is 0.645. The Morgan fingerprint density at radius 3 is 2.68 bits per heavy atom. The Bertz CT molecular complexity index is 647. The smallest absolute Gasteiger partial charge is 0.246 e. The van der Waals surface area contributed by atoms with Gasteiger partial charge in [0.1, 0.15) is 5.75 Å². The molecule has 0 radical (unpaired) electrons. The highest BCUT2D eigenvalue weighted by atomic mass is 16.6. The van der Waals surface area contributed by atoms with Gasteiger partial charge in [-0.2, -0.15) is 0 Å². The van der Waals surface area contributed by atoms with Crippen LogP contribution in [0.15, 0.2) is 42.1 Å². The van der Waals surface area contributed by atoms with E-state index in [-0.39, 0.29) is 10.6 Å². The van der Waals surface area contributed by atoms with E-state index < -0.39 is 0 Å². The molecule has 2 rings (SSSR count). The first-order chi connectivity index (χ1) is 9.17. The molecule has 0 heterocycles. The number of benzene rings is 2. The highest BCUT2D eigenvalue weighted by molar-refractivity contribution is 5.93. The van der Waals surface area contributed by atoms with Crippen LogP contribution in [0.1, 0.15) is 18.9 Å². The molecule has 0 atom stereocenters. The first kappa shape index (κ1) is 13.1. The Labute approximate surface area is 111 Å². The van der Waals surface area contributed by atoms with Gasteiger partial charge < -0.3 is 4.74 Å². The fraction of sp³-hybridized carbons (Fsp3) is 0.200. The van der Waals surface area contributed by atoms with Crippen molar-refractivity contribution in [1.29, 1.82) is 0 Å². The molecule has 98 valence electrons. The van der Waals surface area contributed by atoms with Crippen molar-refractivity contribution in [1.82, 2.24) is 0 Å². The number of rotatable bonds is 4. The van der Waals surface area contributed by atoms with Gasteiger partial charge in [0.05, 0.1) is 12.0 Å². The maximum atomic E-state index is 11.0. The first-order valence-electron chi connectivity index (χ1n) is 6.08. The van der Waals surface area contributed by atoms with Gasteiger partial charge in [0.2, 0.25) is 5.70 Å². The second kappa shape index (κ2) is 5.52. The van der Waals surface area contributed by atoms with E-state index in [0.29, 0.717) is 12.2 Å². The normalized spacial score (nSPS) is 11.6. The molecular formula is C15H15NO3. The Morgan fingerprint density at radius 1 is 1.32 bits per heavy atom. The van der Waals surface area contributed by atoms with Crippen LogP contribution in [-0.2, 0) is 0 Å². The predicted octanol–water partition coefficient (Wildman–Crippen LogP) is 3.88. The number of hydrogen-bond acceptors (Lipinski definition) is 3. The number of nitrogens with zero attached hydrogens (tertiary/aromatic N) is 1. The van der Waals surface area contributed by atoms with E-state index in [0.717, 1.165) is 16.3 Å². The number of ether oxygens (including phenoxy) is 1. The lowest BCUT2D eigenvalue weighted by atomic mass is 10.0. The Balaban J connectivity index is 2.72. The fourth-order valence-corrected chi connectivity index (χ4v) is 2.05. The van der Waals surface area contributed by atoms with Crippen molar-refractivity contribution in [3.63, 3.8) is 0 Å². The molecular weight excluding hydrogens is 242 g/mol. The standard InChI is InChI=1S/C15H15NO3/c1-3-12(16(17)18)10-14-13-7-5-4-6-11(13)8-9-15(14)19-2/h4-10H,3H2,1-2H3/b12-10+. The summed E-state index contributed by atoms with van der Waals surface area (Å²) in [6.45, 7) is 1.77. The van der Waals surface area contributed by atoms with Crippen molar-refractivity contribution < 1.29 is 9.66 Å². The second-order valence-electron chi connectivity index (χ2n) is 4.15. The van der Waals surface area contributed by atoms with Gasteiger partial charge in [0.15, 0.2) is 0 Å². The zero-order valence-corrected chi connectivity index (χ0v) is 10.9. The molecule has 2 aromatic carbocycles. The molecule has 0 aromatic heterocycles. The third-order valence-electron chi connectivity index (χ3n) is 3.06. The van der Waals surface area contributed by atoms with Gasteiger partial charge >= 0.3 is 0 Å². The third kappa shape index (κ3) is 2.57. The molecule has 4 nitrogen and oxygen atoms in total. The minimum absolute atomic E-state index is 0.176. The summed E-state index contributed by atoms with van der Waals surface area (Å²) in [7, 11) is 1.57. The van der Waals surface area contributed by atoms with E-state index in [2.05, 4.69) is 0 Å². The summed E-state index contributed by atoms with van der Waals surface area (Å²) >= 11 is 0. The molecule has 0 spiro atoms. The van der Waals surface area contributed by atoms with Crippen LogP contribution in [0.25, 0.3) is 16.8 Å². The molecule has 19 heavy (non-hydrogen) atoms. The van der Waals surface area contributed by atoms with E-state index >= 15 is 0 Å². The van der Waals surface area contributed by atoms with Gasteiger partial charge in [-0.3, -0.25) is 10.1 Å². The van der Waals surface area contributed by atoms with E-state index in [1.807, 2.05) is 36.4 Å². The number of allylic oxidation sites excluding steroid dienone is 1. The molecule has 0 aliphatic heterocycles. The van der Waals surface area contributed by atoms with Crippen LogP contribution >= 0.6 is 0 Å². The number of fused-ring (bicyclic) bond motifs is 1. The molecule has 0 saturated carbocycles. The Morgan fingerprint density at radius 2 is 2.05 bits per heavy atom. The lowest BCUT2D eigenvalue weighted by molar-refractivity contribution is -0.425. The monoisotopic (exact) mass is 257 g/mol. The molecule has 2 aromatic rings. The molecule has 0 unspecified atom stereocenters. The van der Waals surface area contributed by atoms with Crippen molar-refractivity contribution >= 4 is 16.8 Å². The van der Waals surface area contributed by atoms with Crippen LogP contribution in [0.4, 0.5) is 0 Å². The van der Waals surface area contributed by atoms with Gasteiger partial charge in [-0.1, -0.05) is 37.3 Å². The number of hydrogen-bond donors (Lipinski definition) is 0. The molecule has 0 aliphatic carbocycles. The minimum Gasteiger partial charge on any atom is -0.496 e. The number of methoxy groups -OCH3 is 1. The zero-order chi connectivity index (χ0) is 13.8. The fourth-order valence-electron chi connectivity index (χ4n) is 2.05. The van der Waals surface area contributed by atoms with Crippen molar-refractivity contribution in [2.24, 2.45) is 0 Å². The van der Waals surface area contributed by atoms with Crippen LogP contribution in [0, 0.1) is 10.1 Å². The number of nitro groups is 1. The average Bonchev–Trinajstić information content (AvgIpc) is 2.44. The summed E-state index contributed by atoms with van der Waals surface area (Å²) in [5, 5.41) is 13.0. The first-order valence-corrected chi connectivity index (χ1v) is 6.08. The van der Waals surface area contributed by atoms with Crippen molar-refractivity contribution in [2.75, 3.05) is 7.11 Å². The zero-order valence-electron chi connectivity index (χ0n) is 10.9. The Kier molecular flexibility index (Phi) is 3.80. The van der Waals surface area contributed by atoms with E-state index in [4.69, 9.17) is 4.74 Å². The highest BCUT2D eigenvalue weighted by Gasteiger charge is 2.12. The topological polar surface area (TPSA) is 52.4 Å². The highest BCUT2D eigenvalue weighted by Crippen LogP contribution is 2.30. The largest absolute Gasteiger partial charge is 0.496 e. The lowest BCUT2D eigenvalue weighted by Crippen LogP contribution is -1.98. The SMILES string of the molecule is CC/C(=C\c1c(OC)ccc2ccccc12)[N+](=O)[O-]. The van der Waals surface area contributed by atoms with Crippen LogP contribution in [0.2, 0.25) is 0 Å². The van der Waals surface area contributed by atoms with Crippen molar-refractivity contribution in [3.05, 3.63) is 57.8 Å². The van der Waals surface area contributed by atoms with Crippen LogP contribution in [0.5, 0.6) is 5.75 Å². The van der Waals surface area contributed by atoms with E-state index in [1.165, 1.54) is 0 Å². The lowest BCUT2D eigenvalue weighted by Gasteiger charge is -2.08. The third-order valence-corrected chi connectivity index (χ3v) is 3.06. The molecule has 0 saturated heterocycles. The van der Waals surface area contributed by atoms with Gasteiger partial charge in [-0.15, -0.1) is 0 Å². The van der Waals surface area contributed by atoms with Gasteiger partial charge in [-0.05, 0) is 16.8 Å². The maximum absolute atomic E-state index is 11.0. The summed E-state index contributed by atoms with van der Waals surface area (Å²) in [6.07, 6.45) is 1.97. The Hall–Kier alpha value is -2.36. The maximum Gasteiger partial charge on any atom is 0.246 e. The van der Waals surface area contributed by atoms with Crippen LogP contribution in [0.3, 0.4) is 0 Å². The van der Waals surface area contributed by atoms with Gasteiger partial charge in [0.25, 0.3) is 0 Å². The van der Waals surface area contributed by atoms with Crippen LogP contribution in [-0.4, -0.2) is 12.0 Å². The summed E-state index contributed by atoms with van der Waals surface area (Å²) < 4.78 is 5.31. The summed E-state index contributed by atoms with van der Waals surface area (Å²) in [4.78, 5) is 10.6. The average molecular weight is 257 g/mol. The second-order valence-corrected chi connectivity index (χ2v) is 4.15. The van der Waals surface area contributed by atoms with E-state index in [9.17, 15) is 10.1 Å². The van der Waals surface area contributed by atoms with E-state index in [1.54, 1.807) is 20.1 Å². The predicted molar refractivity (Wildman–Crippen MR) is 75.8 cm³/mol.